The van der Waals surface area contributed by atoms with Crippen molar-refractivity contribution in [3.05, 3.63) is 125 Å². The number of methoxy groups -OCH3 is 4. The summed E-state index contributed by atoms with van der Waals surface area (Å²) >= 11 is 3.04. The Labute approximate surface area is 744 Å². The third kappa shape index (κ3) is 14.6. The fourth-order valence-corrected chi connectivity index (χ4v) is 24.8. The van der Waals surface area contributed by atoms with Crippen molar-refractivity contribution >= 4 is 53.6 Å². The molecule has 2 unspecified atom stereocenters. The highest BCUT2D eigenvalue weighted by Gasteiger charge is 2.65. The molecule has 14 atom stereocenters. The van der Waals surface area contributed by atoms with Crippen LogP contribution in [0, 0.1) is 50.4 Å². The normalized spacial score (nSPS) is 26.6. The Bertz CT molecular complexity index is 5490. The number of phenolic OH excluding ortho intramolecular Hbond substituents is 1. The summed E-state index contributed by atoms with van der Waals surface area (Å²) in [6.45, 7) is 24.1. The van der Waals surface area contributed by atoms with Crippen molar-refractivity contribution < 1.29 is 105 Å². The Morgan fingerprint density at radius 1 is 0.532 bits per heavy atom. The van der Waals surface area contributed by atoms with Gasteiger partial charge in [0, 0.05) is 107 Å². The van der Waals surface area contributed by atoms with Crippen LogP contribution in [-0.4, -0.2) is 203 Å². The summed E-state index contributed by atoms with van der Waals surface area (Å²) < 4.78 is 98.5. The van der Waals surface area contributed by atoms with Crippen molar-refractivity contribution in [1.82, 2.24) is 30.2 Å². The van der Waals surface area contributed by atoms with Crippen LogP contribution in [0.15, 0.2) is 36.4 Å². The average Bonchev–Trinajstić information content (AvgIpc) is 0.953. The number of aromatic hydroxyl groups is 1. The molecule has 0 radical (unpaired) electrons. The van der Waals surface area contributed by atoms with Crippen molar-refractivity contribution in [2.24, 2.45) is 0 Å². The number of thioether (sulfide) groups is 2. The second-order valence-corrected chi connectivity index (χ2v) is 37.3. The number of nitrogens with zero attached hydrogens (tertiary/aromatic N) is 6. The molecule has 14 heterocycles. The van der Waals surface area contributed by atoms with Crippen molar-refractivity contribution in [3.63, 3.8) is 0 Å². The molecular formula is C94H116N8O22S2. The van der Waals surface area contributed by atoms with E-state index in [0.29, 0.717) is 135 Å². The largest absolute Gasteiger partial charge is 0.514 e. The molecule has 6 aromatic carbocycles. The van der Waals surface area contributed by atoms with Crippen LogP contribution in [-0.2, 0) is 70.1 Å². The van der Waals surface area contributed by atoms with Gasteiger partial charge in [0.25, 0.3) is 0 Å². The van der Waals surface area contributed by atoms with E-state index in [1.165, 1.54) is 51.6 Å². The Kier molecular flexibility index (Phi) is 25.3. The lowest BCUT2D eigenvalue weighted by atomic mass is 9.71. The van der Waals surface area contributed by atoms with Crippen molar-refractivity contribution in [2.45, 2.75) is 238 Å². The monoisotopic (exact) mass is 1770 g/mol. The zero-order chi connectivity index (χ0) is 87.4. The lowest BCUT2D eigenvalue weighted by molar-refractivity contribution is -0.158. The number of nitrogens with one attached hydrogen (secondary N) is 2. The molecule has 0 aromatic heterocycles. The molecule has 14 aliphatic rings. The maximum Gasteiger partial charge on any atom is 0.514 e. The number of carbonyl (C=O) groups excluding carboxylic acids is 5. The SMILES string of the molecule is C.C.C.COc1cc2c(cc1O)CCN[C@]21CS[C@@H]2c3c(OC(C)=O)c(C)c4c(c3[C@H](COC1=O)N1C2[C@H]2c3c(cc(C)c(OC)c3OC(C)C)C[C@@H]([C@@H]1C#N)N2C)OCO4.COc1cc2c(cc1OC(=O)OC(C)(C)C)CCN[C@]21CS[C@@H]2c3c(OC(C)=O)c(C)c4c(c3[C@H](COC1=O)N1C2[C@H]2c3c(cc(C)c(OC)c3OC(C)C)C[C@@H]([C@@H]1C#N)N2C)OCO4. The first kappa shape index (κ1) is 91.9. The van der Waals surface area contributed by atoms with Gasteiger partial charge in [0.05, 0.1) is 87.5 Å². The van der Waals surface area contributed by atoms with Crippen LogP contribution in [0.5, 0.6) is 80.5 Å². The van der Waals surface area contributed by atoms with Crippen molar-refractivity contribution in [3.8, 4) is 92.6 Å². The predicted molar refractivity (Wildman–Crippen MR) is 470 cm³/mol. The molecule has 32 heteroatoms. The molecule has 0 saturated carbocycles. The van der Waals surface area contributed by atoms with E-state index in [-0.39, 0.29) is 114 Å². The molecule has 2 spiro atoms. The van der Waals surface area contributed by atoms with E-state index in [1.807, 2.05) is 55.4 Å². The Morgan fingerprint density at radius 2 is 0.944 bits per heavy atom. The average molecular weight is 1770 g/mol. The van der Waals surface area contributed by atoms with Crippen LogP contribution >= 0.6 is 23.5 Å². The lowest BCUT2D eigenvalue weighted by Crippen LogP contribution is -2.69. The first-order chi connectivity index (χ1) is 58.8. The van der Waals surface area contributed by atoms with E-state index in [2.05, 4.69) is 68.6 Å². The third-order valence-corrected chi connectivity index (χ3v) is 29.1. The first-order valence-corrected chi connectivity index (χ1v) is 43.8. The number of esters is 4. The van der Waals surface area contributed by atoms with Crippen LogP contribution < -0.4 is 72.2 Å². The molecule has 4 fully saturated rings. The fourth-order valence-electron chi connectivity index (χ4n) is 21.5. The van der Waals surface area contributed by atoms with E-state index in [0.717, 1.165) is 50.1 Å². The maximum atomic E-state index is 15.2. The highest BCUT2D eigenvalue weighted by Crippen LogP contribution is 2.68. The standard InChI is InChI=1S/C48H56N4O12S.C43H48N4O10S.3CH4/c1-22(2)61-43-34-27(14-23(3)39(43)57-11)15-29-30(18-49)52-31-19-58-45(54)48(28-17-32(56-10)33(16-26(28)12-13-50-48)63-46(55)64-47(6,7)8)20-65-44(38(52)37(34)51(29)9)36-35(31)42-41(59-21-60-42)24(4)40(36)62-25(5)53;1-19(2)56-40-31-24(11-20(3)36(40)52-8)12-26-27(15-44)47-28-16-53-42(50)43(25-14-30(51-7)29(49)13-23(25)9-10-45-43)17-58-41(35(47)34(31)46(26)6)33-32(28)39-38(54-18-55-39)21(4)37(33)57-22(5)48;;;/h14,16-17,22,29-31,37-38,44,50H,12-13,15,19-21H2,1-11H3;11,13-14,19,26-28,34-35,41,45,49H,9-10,12,16-18H2,1-8H3;3*1H4/t29-,30-,31-,37+,38?,44+,48+;26-,27-,28-,34+,35?,41+,43+;;;/m00.../s1. The van der Waals surface area contributed by atoms with Crippen molar-refractivity contribution in [2.75, 3.05) is 93.9 Å². The molecule has 6 aromatic rings. The van der Waals surface area contributed by atoms with Gasteiger partial charge >= 0.3 is 30.0 Å². The smallest absolute Gasteiger partial charge is 0.504 e. The van der Waals surface area contributed by atoms with Crippen LogP contribution in [0.4, 0.5) is 4.79 Å². The van der Waals surface area contributed by atoms with Gasteiger partial charge in [0.1, 0.15) is 42.4 Å². The molecule has 676 valence electrons. The van der Waals surface area contributed by atoms with Gasteiger partial charge in [-0.25, -0.2) is 14.4 Å². The second kappa shape index (κ2) is 34.7. The summed E-state index contributed by atoms with van der Waals surface area (Å²) in [5.74, 6) is 4.05. The number of nitriles is 2. The molecule has 3 N–H and O–H groups in total. The number of ether oxygens (including phenoxy) is 16. The number of rotatable bonds is 11. The van der Waals surface area contributed by atoms with E-state index in [9.17, 15) is 34.8 Å². The number of likely N-dealkylation sites (N-methyl/N-ethyl adjacent to an activating group) is 2. The topological polar surface area (TPSA) is 338 Å². The van der Waals surface area contributed by atoms with Crippen LogP contribution in [0.1, 0.15) is 208 Å². The Hall–Kier alpha value is -10.3. The molecule has 0 aliphatic carbocycles. The Balaban J connectivity index is 0.000000201. The van der Waals surface area contributed by atoms with Gasteiger partial charge in [-0.05, 0) is 185 Å². The predicted octanol–water partition coefficient (Wildman–Crippen LogP) is 13.7. The first-order valence-electron chi connectivity index (χ1n) is 41.7. The third-order valence-electron chi connectivity index (χ3n) is 26.1. The molecule has 4 saturated heterocycles. The summed E-state index contributed by atoms with van der Waals surface area (Å²) in [6, 6.07) is 11.5. The van der Waals surface area contributed by atoms with Gasteiger partial charge < -0.3 is 80.9 Å². The summed E-state index contributed by atoms with van der Waals surface area (Å²) in [5, 5.41) is 39.5. The molecule has 30 nitrogen and oxygen atoms in total. The van der Waals surface area contributed by atoms with E-state index < -0.39 is 99.5 Å². The summed E-state index contributed by atoms with van der Waals surface area (Å²) in [4.78, 5) is 78.2. The molecular weight excluding hydrogens is 1660 g/mol. The van der Waals surface area contributed by atoms with Gasteiger partial charge in [0.2, 0.25) is 13.6 Å². The van der Waals surface area contributed by atoms with E-state index in [1.54, 1.807) is 59.3 Å². The number of aryl methyl sites for hydroxylation is 2. The van der Waals surface area contributed by atoms with E-state index >= 15 is 4.79 Å². The zero-order valence-electron chi connectivity index (χ0n) is 72.6. The van der Waals surface area contributed by atoms with Gasteiger partial charge in [-0.3, -0.25) is 39.8 Å². The van der Waals surface area contributed by atoms with Gasteiger partial charge in [-0.1, -0.05) is 34.4 Å². The number of fused-ring (bicyclic) bond motifs is 18. The zero-order valence-corrected chi connectivity index (χ0v) is 74.2. The number of carbonyl (C=O) groups is 5. The van der Waals surface area contributed by atoms with Gasteiger partial charge in [0.15, 0.2) is 80.1 Å². The minimum atomic E-state index is -1.43. The lowest BCUT2D eigenvalue weighted by Gasteiger charge is -2.62. The van der Waals surface area contributed by atoms with Gasteiger partial charge in [-0.2, -0.15) is 10.5 Å². The maximum absolute atomic E-state index is 15.2. The molecule has 14 aliphatic heterocycles. The highest BCUT2D eigenvalue weighted by atomic mass is 32.2. The molecule has 8 bridgehead atoms. The summed E-state index contributed by atoms with van der Waals surface area (Å²) in [5.41, 5.74) is 9.21. The van der Waals surface area contributed by atoms with Crippen LogP contribution in [0.3, 0.4) is 0 Å². The number of hydrogen-bond donors (Lipinski definition) is 3. The highest BCUT2D eigenvalue weighted by molar-refractivity contribution is 7.99. The number of hydrogen-bond acceptors (Lipinski definition) is 32. The van der Waals surface area contributed by atoms with Crippen LogP contribution in [0.2, 0.25) is 0 Å². The summed E-state index contributed by atoms with van der Waals surface area (Å²) in [7, 11) is 10.4. The fraction of sp³-hybridized carbons (Fsp3) is 0.543. The van der Waals surface area contributed by atoms with Gasteiger partial charge in [-0.15, -0.1) is 23.5 Å². The van der Waals surface area contributed by atoms with Crippen LogP contribution in [0.25, 0.3) is 0 Å². The minimum Gasteiger partial charge on any atom is -0.504 e. The molecule has 126 heavy (non-hydrogen) atoms. The summed E-state index contributed by atoms with van der Waals surface area (Å²) in [6.07, 6.45) is 0.951. The minimum absolute atomic E-state index is 0. The molecule has 20 rings (SSSR count). The second-order valence-electron chi connectivity index (χ2n) is 35.0. The number of benzene rings is 6. The number of phenols is 1. The van der Waals surface area contributed by atoms with Crippen molar-refractivity contribution in [1.29, 1.82) is 10.5 Å². The quantitative estimate of drug-likeness (QED) is 0.0469. The van der Waals surface area contributed by atoms with E-state index in [4.69, 9.17) is 75.8 Å². The molecule has 0 amide bonds. The number of piperazine rings is 2. The Morgan fingerprint density at radius 3 is 1.33 bits per heavy atom.